The van der Waals surface area contributed by atoms with Gasteiger partial charge >= 0.3 is 0 Å². The first-order valence-corrected chi connectivity index (χ1v) is 9.38. The third-order valence-electron chi connectivity index (χ3n) is 3.13. The number of anilines is 1. The summed E-state index contributed by atoms with van der Waals surface area (Å²) >= 11 is 7.60. The average molecular weight is 468 g/mol. The third-order valence-corrected chi connectivity index (χ3v) is 6.08. The van der Waals surface area contributed by atoms with E-state index in [1.54, 1.807) is 24.3 Å². The fourth-order valence-electron chi connectivity index (χ4n) is 1.97. The largest absolute Gasteiger partial charge is 0.279 e. The maximum absolute atomic E-state index is 13.0. The van der Waals surface area contributed by atoms with Gasteiger partial charge in [-0.25, -0.2) is 12.8 Å². The molecule has 0 heterocycles. The van der Waals surface area contributed by atoms with E-state index >= 15 is 0 Å². The van der Waals surface area contributed by atoms with Gasteiger partial charge in [-0.15, -0.1) is 0 Å². The molecule has 0 saturated heterocycles. The van der Waals surface area contributed by atoms with E-state index in [9.17, 15) is 17.6 Å². The summed E-state index contributed by atoms with van der Waals surface area (Å²) in [6, 6.07) is 9.89. The fourth-order valence-corrected chi connectivity index (χ4v) is 4.10. The number of benzene rings is 2. The van der Waals surface area contributed by atoms with E-state index in [4.69, 9.17) is 11.6 Å². The molecule has 0 fully saturated rings. The van der Waals surface area contributed by atoms with Crippen molar-refractivity contribution in [2.45, 2.75) is 17.9 Å². The van der Waals surface area contributed by atoms with E-state index < -0.39 is 27.1 Å². The van der Waals surface area contributed by atoms with Crippen LogP contribution in [-0.4, -0.2) is 19.7 Å². The second-order valence-corrected chi connectivity index (χ2v) is 8.14. The number of rotatable bonds is 5. The monoisotopic (exact) mass is 467 g/mol. The summed E-state index contributed by atoms with van der Waals surface area (Å²) in [6.07, 6.45) is 0. The Bertz CT molecular complexity index is 810. The summed E-state index contributed by atoms with van der Waals surface area (Å²) in [6.45, 7) is 1.40. The van der Waals surface area contributed by atoms with Crippen molar-refractivity contribution in [2.75, 3.05) is 4.31 Å². The van der Waals surface area contributed by atoms with Gasteiger partial charge < -0.3 is 0 Å². The first kappa shape index (κ1) is 18.2. The van der Waals surface area contributed by atoms with Crippen LogP contribution in [0.3, 0.4) is 0 Å². The van der Waals surface area contributed by atoms with Gasteiger partial charge in [0, 0.05) is 3.57 Å². The molecule has 122 valence electrons. The average Bonchev–Trinajstić information content (AvgIpc) is 2.49. The van der Waals surface area contributed by atoms with Crippen LogP contribution in [0, 0.1) is 9.39 Å². The zero-order valence-electron chi connectivity index (χ0n) is 11.9. The molecule has 8 heteroatoms. The van der Waals surface area contributed by atoms with Crippen molar-refractivity contribution in [3.05, 3.63) is 57.9 Å². The highest BCUT2D eigenvalue weighted by atomic mass is 127. The Hall–Kier alpha value is -1.19. The number of carbonyl (C=O) groups excluding carboxylic acids is 1. The quantitative estimate of drug-likeness (QED) is 0.497. The number of halogens is 3. The Labute approximate surface area is 152 Å². The summed E-state index contributed by atoms with van der Waals surface area (Å²) in [4.78, 5) is 11.4. The fraction of sp³-hybridized carbons (Fsp3) is 0.133. The van der Waals surface area contributed by atoms with E-state index in [0.717, 1.165) is 32.1 Å². The second kappa shape index (κ2) is 7.14. The van der Waals surface area contributed by atoms with Crippen molar-refractivity contribution in [3.63, 3.8) is 0 Å². The van der Waals surface area contributed by atoms with E-state index in [0.29, 0.717) is 5.69 Å². The highest BCUT2D eigenvalue weighted by Gasteiger charge is 2.32. The van der Waals surface area contributed by atoms with Gasteiger partial charge in [0.2, 0.25) is 5.24 Å². The predicted molar refractivity (Wildman–Crippen MR) is 95.5 cm³/mol. The van der Waals surface area contributed by atoms with Crippen LogP contribution < -0.4 is 4.31 Å². The van der Waals surface area contributed by atoms with Gasteiger partial charge in [0.05, 0.1) is 10.6 Å². The highest BCUT2D eigenvalue weighted by molar-refractivity contribution is 14.1. The van der Waals surface area contributed by atoms with Crippen LogP contribution in [0.4, 0.5) is 10.1 Å². The molecule has 2 aromatic carbocycles. The molecular formula is C15H12ClFINO3S. The number of hydrogen-bond donors (Lipinski definition) is 0. The van der Waals surface area contributed by atoms with Gasteiger partial charge in [-0.05, 0) is 89.6 Å². The zero-order valence-corrected chi connectivity index (χ0v) is 15.6. The summed E-state index contributed by atoms with van der Waals surface area (Å²) < 4.78 is 40.6. The van der Waals surface area contributed by atoms with Crippen LogP contribution in [0.5, 0.6) is 0 Å². The molecule has 1 unspecified atom stereocenters. The first-order valence-electron chi connectivity index (χ1n) is 6.48. The van der Waals surface area contributed by atoms with Gasteiger partial charge in [-0.3, -0.25) is 9.10 Å². The predicted octanol–water partition coefficient (Wildman–Crippen LogP) is 3.78. The number of sulfonamides is 1. The minimum Gasteiger partial charge on any atom is -0.279 e. The maximum atomic E-state index is 13.0. The van der Waals surface area contributed by atoms with Crippen molar-refractivity contribution >= 4 is 55.1 Å². The third kappa shape index (κ3) is 4.02. The van der Waals surface area contributed by atoms with Crippen molar-refractivity contribution in [1.29, 1.82) is 0 Å². The van der Waals surface area contributed by atoms with E-state index in [1.807, 2.05) is 0 Å². The standard InChI is InChI=1S/C15H12ClFINO3S/c1-10(15(16)20)19(13-6-4-12(18)5-7-13)23(21,22)14-8-2-11(17)3-9-14/h2-10H,1H3. The molecule has 0 spiro atoms. The molecule has 0 N–H and O–H groups in total. The number of nitrogens with zero attached hydrogens (tertiary/aromatic N) is 1. The summed E-state index contributed by atoms with van der Waals surface area (Å²) in [7, 11) is -4.07. The summed E-state index contributed by atoms with van der Waals surface area (Å²) in [5.74, 6) is -0.550. The molecule has 0 aliphatic rings. The van der Waals surface area contributed by atoms with Gasteiger partial charge in [0.15, 0.2) is 0 Å². The molecule has 0 aliphatic carbocycles. The Morgan fingerprint density at radius 3 is 2.13 bits per heavy atom. The molecule has 23 heavy (non-hydrogen) atoms. The molecule has 0 aliphatic heterocycles. The smallest absolute Gasteiger partial charge is 0.265 e. The first-order chi connectivity index (χ1) is 10.7. The van der Waals surface area contributed by atoms with Gasteiger partial charge in [0.25, 0.3) is 10.0 Å². The van der Waals surface area contributed by atoms with Crippen LogP contribution in [0.25, 0.3) is 0 Å². The molecule has 0 bridgehead atoms. The van der Waals surface area contributed by atoms with Crippen LogP contribution in [0.15, 0.2) is 53.4 Å². The molecule has 1 atom stereocenters. The second-order valence-electron chi connectivity index (χ2n) is 4.71. The lowest BCUT2D eigenvalue weighted by Crippen LogP contribution is -2.42. The van der Waals surface area contributed by atoms with Crippen molar-refractivity contribution in [3.8, 4) is 0 Å². The Kier molecular flexibility index (Phi) is 5.64. The van der Waals surface area contributed by atoms with Gasteiger partial charge in [-0.2, -0.15) is 0 Å². The van der Waals surface area contributed by atoms with Gasteiger partial charge in [-0.1, -0.05) is 0 Å². The number of hydrogen-bond acceptors (Lipinski definition) is 3. The molecule has 2 aromatic rings. The van der Waals surface area contributed by atoms with Crippen molar-refractivity contribution in [1.82, 2.24) is 0 Å². The van der Waals surface area contributed by atoms with E-state index in [-0.39, 0.29) is 4.90 Å². The van der Waals surface area contributed by atoms with Crippen LogP contribution in [-0.2, 0) is 14.8 Å². The minimum absolute atomic E-state index is 0.123. The Morgan fingerprint density at radius 2 is 1.65 bits per heavy atom. The van der Waals surface area contributed by atoms with E-state index in [2.05, 4.69) is 22.6 Å². The maximum Gasteiger partial charge on any atom is 0.265 e. The topological polar surface area (TPSA) is 54.5 Å². The number of carbonyl (C=O) groups is 1. The van der Waals surface area contributed by atoms with Gasteiger partial charge in [0.1, 0.15) is 11.9 Å². The van der Waals surface area contributed by atoms with Crippen LogP contribution in [0.2, 0.25) is 0 Å². The molecule has 0 radical (unpaired) electrons. The molecule has 0 saturated carbocycles. The summed E-state index contributed by atoms with van der Waals surface area (Å²) in [5, 5.41) is -0.811. The molecule has 4 nitrogen and oxygen atoms in total. The highest BCUT2D eigenvalue weighted by Crippen LogP contribution is 2.27. The lowest BCUT2D eigenvalue weighted by Gasteiger charge is -2.28. The van der Waals surface area contributed by atoms with E-state index in [1.165, 1.54) is 6.92 Å². The van der Waals surface area contributed by atoms with Crippen molar-refractivity contribution in [2.24, 2.45) is 0 Å². The zero-order chi connectivity index (χ0) is 17.2. The summed E-state index contributed by atoms with van der Waals surface area (Å²) in [5.41, 5.74) is 0.302. The normalized spacial score (nSPS) is 12.7. The molecular weight excluding hydrogens is 456 g/mol. The molecule has 0 amide bonds. The Balaban J connectivity index is 2.58. The minimum atomic E-state index is -4.07. The van der Waals surface area contributed by atoms with Crippen LogP contribution >= 0.6 is 34.2 Å². The molecule has 0 aromatic heterocycles. The van der Waals surface area contributed by atoms with Crippen molar-refractivity contribution < 1.29 is 17.6 Å². The lowest BCUT2D eigenvalue weighted by molar-refractivity contribution is -0.112. The molecule has 2 rings (SSSR count). The lowest BCUT2D eigenvalue weighted by atomic mass is 10.3. The van der Waals surface area contributed by atoms with Crippen LogP contribution in [0.1, 0.15) is 6.92 Å². The Morgan fingerprint density at radius 1 is 1.13 bits per heavy atom. The SMILES string of the molecule is CC(C(=O)Cl)N(c1ccc(I)cc1)S(=O)(=O)c1ccc(F)cc1.